The third-order valence-electron chi connectivity index (χ3n) is 3.62. The Morgan fingerprint density at radius 1 is 1.17 bits per heavy atom. The molecule has 0 unspecified atom stereocenters. The van der Waals surface area contributed by atoms with Gasteiger partial charge in [0.05, 0.1) is 5.52 Å². The Morgan fingerprint density at radius 2 is 1.94 bits per heavy atom. The second-order valence-corrected chi connectivity index (χ2v) is 4.81. The molecule has 2 aromatic rings. The first-order valence-electron chi connectivity index (χ1n) is 6.27. The van der Waals surface area contributed by atoms with Crippen LogP contribution >= 0.6 is 0 Å². The van der Waals surface area contributed by atoms with E-state index in [2.05, 4.69) is 10.3 Å². The van der Waals surface area contributed by atoms with Crippen LogP contribution in [0.2, 0.25) is 0 Å². The van der Waals surface area contributed by atoms with Crippen molar-refractivity contribution in [1.29, 1.82) is 0 Å². The summed E-state index contributed by atoms with van der Waals surface area (Å²) in [5.74, 6) is -0.0165. The van der Waals surface area contributed by atoms with E-state index in [1.165, 1.54) is 12.1 Å². The monoisotopic (exact) mass is 246 g/mol. The van der Waals surface area contributed by atoms with Gasteiger partial charge < -0.3 is 10.3 Å². The van der Waals surface area contributed by atoms with Gasteiger partial charge in [0.1, 0.15) is 5.82 Å². The zero-order valence-corrected chi connectivity index (χ0v) is 10.0. The van der Waals surface area contributed by atoms with Crippen molar-refractivity contribution in [2.24, 2.45) is 0 Å². The van der Waals surface area contributed by atoms with E-state index in [9.17, 15) is 9.18 Å². The first-order valence-corrected chi connectivity index (χ1v) is 6.27. The Kier molecular flexibility index (Phi) is 2.88. The standard InChI is InChI=1S/C14H15FN2O/c15-11-2-1-10-7-12(9-3-5-16-6-4-9)14(18)17-13(10)8-11/h1-2,7-9,16H,3-6H2,(H,17,18). The Hall–Kier alpha value is -1.68. The molecule has 1 aromatic heterocycles. The first kappa shape index (κ1) is 11.4. The number of pyridine rings is 1. The van der Waals surface area contributed by atoms with E-state index in [1.807, 2.05) is 6.07 Å². The summed E-state index contributed by atoms with van der Waals surface area (Å²) in [7, 11) is 0. The molecule has 3 nitrogen and oxygen atoms in total. The molecule has 94 valence electrons. The summed E-state index contributed by atoms with van der Waals surface area (Å²) < 4.78 is 13.1. The molecule has 2 N–H and O–H groups in total. The Labute approximate surface area is 104 Å². The predicted molar refractivity (Wildman–Crippen MR) is 69.4 cm³/mol. The number of aromatic amines is 1. The van der Waals surface area contributed by atoms with Crippen LogP contribution in [0.25, 0.3) is 10.9 Å². The van der Waals surface area contributed by atoms with Gasteiger partial charge in [-0.2, -0.15) is 0 Å². The van der Waals surface area contributed by atoms with Crippen molar-refractivity contribution in [3.8, 4) is 0 Å². The lowest BCUT2D eigenvalue weighted by molar-refractivity contribution is 0.458. The topological polar surface area (TPSA) is 44.9 Å². The zero-order valence-electron chi connectivity index (χ0n) is 10.0. The fourth-order valence-electron chi connectivity index (χ4n) is 2.63. The first-order chi connectivity index (χ1) is 8.74. The van der Waals surface area contributed by atoms with Crippen molar-refractivity contribution in [2.75, 3.05) is 13.1 Å². The van der Waals surface area contributed by atoms with Crippen LogP contribution in [0.5, 0.6) is 0 Å². The number of fused-ring (bicyclic) bond motifs is 1. The number of benzene rings is 1. The van der Waals surface area contributed by atoms with Crippen LogP contribution in [0.1, 0.15) is 24.3 Å². The fraction of sp³-hybridized carbons (Fsp3) is 0.357. The third-order valence-corrected chi connectivity index (χ3v) is 3.62. The second-order valence-electron chi connectivity index (χ2n) is 4.81. The van der Waals surface area contributed by atoms with Gasteiger partial charge in [0.25, 0.3) is 5.56 Å². The summed E-state index contributed by atoms with van der Waals surface area (Å²) in [6, 6.07) is 6.41. The lowest BCUT2D eigenvalue weighted by Crippen LogP contribution is -2.29. The molecule has 18 heavy (non-hydrogen) atoms. The molecule has 0 amide bonds. The molecule has 1 fully saturated rings. The Balaban J connectivity index is 2.09. The van der Waals surface area contributed by atoms with Crippen molar-refractivity contribution >= 4 is 10.9 Å². The number of hydrogen-bond acceptors (Lipinski definition) is 2. The molecule has 1 saturated heterocycles. The van der Waals surface area contributed by atoms with E-state index in [0.717, 1.165) is 36.9 Å². The predicted octanol–water partition coefficient (Wildman–Crippen LogP) is 2.13. The molecule has 0 bridgehead atoms. The molecule has 1 aliphatic heterocycles. The van der Waals surface area contributed by atoms with Crippen LogP contribution in [-0.2, 0) is 0 Å². The zero-order chi connectivity index (χ0) is 12.5. The largest absolute Gasteiger partial charge is 0.322 e. The van der Waals surface area contributed by atoms with Crippen LogP contribution < -0.4 is 10.9 Å². The average molecular weight is 246 g/mol. The number of nitrogens with one attached hydrogen (secondary N) is 2. The molecule has 3 rings (SSSR count). The molecule has 1 aliphatic rings. The maximum Gasteiger partial charge on any atom is 0.251 e. The SMILES string of the molecule is O=c1[nH]c2cc(F)ccc2cc1C1CCNCC1. The summed E-state index contributed by atoms with van der Waals surface area (Å²) in [6.07, 6.45) is 1.96. The lowest BCUT2D eigenvalue weighted by Gasteiger charge is -2.22. The highest BCUT2D eigenvalue weighted by atomic mass is 19.1. The molecule has 2 heterocycles. The van der Waals surface area contributed by atoms with Gasteiger partial charge in [0.2, 0.25) is 0 Å². The number of rotatable bonds is 1. The maximum atomic E-state index is 13.1. The average Bonchev–Trinajstić information content (AvgIpc) is 2.39. The number of hydrogen-bond donors (Lipinski definition) is 2. The maximum absolute atomic E-state index is 13.1. The summed E-state index contributed by atoms with van der Waals surface area (Å²) in [4.78, 5) is 14.8. The van der Waals surface area contributed by atoms with Gasteiger partial charge in [-0.3, -0.25) is 4.79 Å². The highest BCUT2D eigenvalue weighted by Gasteiger charge is 2.18. The van der Waals surface area contributed by atoms with Crippen LogP contribution in [0.15, 0.2) is 29.1 Å². The van der Waals surface area contributed by atoms with Gasteiger partial charge in [-0.15, -0.1) is 0 Å². The second kappa shape index (κ2) is 4.53. The van der Waals surface area contributed by atoms with Gasteiger partial charge in [-0.25, -0.2) is 4.39 Å². The summed E-state index contributed by atoms with van der Waals surface area (Å²) in [5, 5.41) is 4.18. The van der Waals surface area contributed by atoms with E-state index in [0.29, 0.717) is 11.4 Å². The van der Waals surface area contributed by atoms with E-state index in [1.54, 1.807) is 6.07 Å². The van der Waals surface area contributed by atoms with Crippen molar-refractivity contribution < 1.29 is 4.39 Å². The van der Waals surface area contributed by atoms with Crippen molar-refractivity contribution in [3.05, 3.63) is 46.0 Å². The van der Waals surface area contributed by atoms with Gasteiger partial charge in [0.15, 0.2) is 0 Å². The Bertz CT molecular complexity index is 629. The molecule has 0 spiro atoms. The van der Waals surface area contributed by atoms with E-state index in [4.69, 9.17) is 0 Å². The molecular formula is C14H15FN2O. The van der Waals surface area contributed by atoms with E-state index in [-0.39, 0.29) is 11.4 Å². The van der Waals surface area contributed by atoms with Crippen molar-refractivity contribution in [1.82, 2.24) is 10.3 Å². The highest BCUT2D eigenvalue weighted by Crippen LogP contribution is 2.24. The highest BCUT2D eigenvalue weighted by molar-refractivity contribution is 5.79. The van der Waals surface area contributed by atoms with E-state index < -0.39 is 0 Å². The molecule has 0 aliphatic carbocycles. The molecule has 1 aromatic carbocycles. The molecular weight excluding hydrogens is 231 g/mol. The minimum absolute atomic E-state index is 0.0833. The number of piperidine rings is 1. The summed E-state index contributed by atoms with van der Waals surface area (Å²) in [6.45, 7) is 1.90. The van der Waals surface area contributed by atoms with Crippen LogP contribution in [0, 0.1) is 5.82 Å². The van der Waals surface area contributed by atoms with Crippen LogP contribution in [-0.4, -0.2) is 18.1 Å². The Morgan fingerprint density at radius 3 is 2.72 bits per heavy atom. The van der Waals surface area contributed by atoms with Crippen LogP contribution in [0.3, 0.4) is 0 Å². The lowest BCUT2D eigenvalue weighted by atomic mass is 9.90. The van der Waals surface area contributed by atoms with Gasteiger partial charge in [-0.05, 0) is 61.5 Å². The third kappa shape index (κ3) is 2.04. The molecule has 0 radical (unpaired) electrons. The molecule has 0 saturated carbocycles. The number of H-pyrrole nitrogens is 1. The fourth-order valence-corrected chi connectivity index (χ4v) is 2.63. The van der Waals surface area contributed by atoms with Crippen LogP contribution in [0.4, 0.5) is 4.39 Å². The number of halogens is 1. The van der Waals surface area contributed by atoms with Crippen molar-refractivity contribution in [3.63, 3.8) is 0 Å². The van der Waals surface area contributed by atoms with Gasteiger partial charge in [0, 0.05) is 5.56 Å². The number of aromatic nitrogens is 1. The quantitative estimate of drug-likeness (QED) is 0.809. The molecule has 0 atom stereocenters. The minimum atomic E-state index is -0.326. The van der Waals surface area contributed by atoms with Gasteiger partial charge >= 0.3 is 0 Å². The summed E-state index contributed by atoms with van der Waals surface area (Å²) >= 11 is 0. The smallest absolute Gasteiger partial charge is 0.251 e. The minimum Gasteiger partial charge on any atom is -0.322 e. The summed E-state index contributed by atoms with van der Waals surface area (Å²) in [5.41, 5.74) is 1.31. The van der Waals surface area contributed by atoms with E-state index >= 15 is 0 Å². The van der Waals surface area contributed by atoms with Crippen molar-refractivity contribution in [2.45, 2.75) is 18.8 Å². The normalized spacial score (nSPS) is 17.2. The molecule has 4 heteroatoms. The van der Waals surface area contributed by atoms with Gasteiger partial charge in [-0.1, -0.05) is 0 Å².